The second kappa shape index (κ2) is 11.2. The summed E-state index contributed by atoms with van der Waals surface area (Å²) in [5.74, 6) is 4.06. The van der Waals surface area contributed by atoms with E-state index in [1.807, 2.05) is 11.3 Å². The first-order valence-electron chi connectivity index (χ1n) is 20.2. The van der Waals surface area contributed by atoms with Gasteiger partial charge in [0.1, 0.15) is 0 Å². The molecule has 0 N–H and O–H groups in total. The molecule has 2 heterocycles. The summed E-state index contributed by atoms with van der Waals surface area (Å²) in [4.78, 5) is 11.0. The second-order valence-electron chi connectivity index (χ2n) is 16.9. The highest BCUT2D eigenvalue weighted by atomic mass is 32.1. The van der Waals surface area contributed by atoms with Gasteiger partial charge >= 0.3 is 0 Å². The molecule has 4 saturated carbocycles. The Kier molecular flexibility index (Phi) is 6.25. The molecule has 9 aromatic rings. The molecule has 262 valence electrons. The summed E-state index contributed by atoms with van der Waals surface area (Å²) in [5.41, 5.74) is 11.6. The standard InChI is InChI=1S/C52H38N2S/c1-3-14-36-32(10-1)12-7-17-39(36)45-29-46(40-18-8-13-33-11-2-4-15-37(33)40)54-51(53-45)43-20-9-19-42-48-47(55-50(42)43)23-22-41-38-16-5-6-21-44(38)52(49(41)48)34-25-30-24-31(27-34)28-35(52)26-30/h1-23,29-31,34-35H,24-28H2. The van der Waals surface area contributed by atoms with Gasteiger partial charge in [-0.25, -0.2) is 9.97 Å². The van der Waals surface area contributed by atoms with E-state index in [2.05, 4.69) is 146 Å². The van der Waals surface area contributed by atoms with E-state index in [-0.39, 0.29) is 5.41 Å². The number of rotatable bonds is 3. The third kappa shape index (κ3) is 4.14. The molecule has 4 bridgehead atoms. The topological polar surface area (TPSA) is 25.8 Å². The van der Waals surface area contributed by atoms with Crippen LogP contribution in [0.4, 0.5) is 0 Å². The van der Waals surface area contributed by atoms with Crippen molar-refractivity contribution < 1.29 is 0 Å². The van der Waals surface area contributed by atoms with Crippen LogP contribution in [0.2, 0.25) is 0 Å². The van der Waals surface area contributed by atoms with Crippen LogP contribution in [-0.4, -0.2) is 9.97 Å². The molecule has 1 spiro atoms. The second-order valence-corrected chi connectivity index (χ2v) is 17.9. The molecule has 5 aliphatic rings. The summed E-state index contributed by atoms with van der Waals surface area (Å²) in [6, 6.07) is 54.0. The lowest BCUT2D eigenvalue weighted by atomic mass is 9.43. The van der Waals surface area contributed by atoms with Crippen LogP contribution in [0.1, 0.15) is 43.2 Å². The van der Waals surface area contributed by atoms with Crippen molar-refractivity contribution in [1.82, 2.24) is 9.97 Å². The Morgan fingerprint density at radius 3 is 1.71 bits per heavy atom. The number of benzene rings is 7. The number of hydrogen-bond acceptors (Lipinski definition) is 3. The van der Waals surface area contributed by atoms with Gasteiger partial charge in [-0.15, -0.1) is 11.3 Å². The molecule has 0 amide bonds. The minimum Gasteiger partial charge on any atom is -0.228 e. The Morgan fingerprint density at radius 2 is 1.02 bits per heavy atom. The molecule has 5 aliphatic carbocycles. The first kappa shape index (κ1) is 30.7. The lowest BCUT2D eigenvalue weighted by molar-refractivity contribution is -0.0393. The molecule has 3 heteroatoms. The van der Waals surface area contributed by atoms with Crippen molar-refractivity contribution in [1.29, 1.82) is 0 Å². The summed E-state index contributed by atoms with van der Waals surface area (Å²) in [5, 5.41) is 7.69. The Labute approximate surface area is 324 Å². The van der Waals surface area contributed by atoms with Gasteiger partial charge in [-0.05, 0) is 118 Å². The fraction of sp³-hybridized carbons (Fsp3) is 0.192. The molecule has 0 saturated heterocycles. The average Bonchev–Trinajstić information content (AvgIpc) is 3.76. The van der Waals surface area contributed by atoms with Gasteiger partial charge in [0.2, 0.25) is 0 Å². The van der Waals surface area contributed by atoms with Crippen LogP contribution in [-0.2, 0) is 5.41 Å². The predicted octanol–water partition coefficient (Wildman–Crippen LogP) is 13.9. The third-order valence-corrected chi connectivity index (χ3v) is 15.5. The molecule has 0 atom stereocenters. The summed E-state index contributed by atoms with van der Waals surface area (Å²) in [7, 11) is 0. The van der Waals surface area contributed by atoms with Gasteiger partial charge in [-0.1, -0.05) is 127 Å². The number of fused-ring (bicyclic) bond motifs is 9. The van der Waals surface area contributed by atoms with Crippen molar-refractivity contribution in [3.63, 3.8) is 0 Å². The van der Waals surface area contributed by atoms with Crippen molar-refractivity contribution in [2.45, 2.75) is 37.5 Å². The highest BCUT2D eigenvalue weighted by molar-refractivity contribution is 7.26. The first-order chi connectivity index (χ1) is 27.2. The van der Waals surface area contributed by atoms with E-state index in [9.17, 15) is 0 Å². The van der Waals surface area contributed by atoms with Gasteiger partial charge in [-0.2, -0.15) is 0 Å². The monoisotopic (exact) mass is 722 g/mol. The van der Waals surface area contributed by atoms with E-state index in [1.54, 1.807) is 11.1 Å². The van der Waals surface area contributed by atoms with E-state index in [1.165, 1.54) is 84.9 Å². The van der Waals surface area contributed by atoms with E-state index in [0.717, 1.165) is 57.6 Å². The van der Waals surface area contributed by atoms with Crippen LogP contribution in [0.25, 0.3) is 86.7 Å². The minimum absolute atomic E-state index is 0.106. The summed E-state index contributed by atoms with van der Waals surface area (Å²) in [6.45, 7) is 0. The zero-order chi connectivity index (χ0) is 35.8. The Bertz CT molecular complexity index is 2940. The first-order valence-corrected chi connectivity index (χ1v) is 21.0. The van der Waals surface area contributed by atoms with Gasteiger partial charge in [-0.3, -0.25) is 0 Å². The smallest absolute Gasteiger partial charge is 0.161 e. The van der Waals surface area contributed by atoms with Crippen molar-refractivity contribution in [2.24, 2.45) is 23.7 Å². The number of thiophene rings is 1. The van der Waals surface area contributed by atoms with Gasteiger partial charge in [0.25, 0.3) is 0 Å². The lowest BCUT2D eigenvalue weighted by Crippen LogP contribution is -2.55. The average molecular weight is 723 g/mol. The molecule has 7 aromatic carbocycles. The van der Waals surface area contributed by atoms with Crippen LogP contribution in [0.15, 0.2) is 146 Å². The van der Waals surface area contributed by atoms with E-state index in [4.69, 9.17) is 9.97 Å². The van der Waals surface area contributed by atoms with Crippen molar-refractivity contribution in [3.05, 3.63) is 157 Å². The van der Waals surface area contributed by atoms with Crippen molar-refractivity contribution in [2.75, 3.05) is 0 Å². The fourth-order valence-corrected chi connectivity index (χ4v) is 13.7. The molecular formula is C52H38N2S. The van der Waals surface area contributed by atoms with Crippen LogP contribution in [0.3, 0.4) is 0 Å². The highest BCUT2D eigenvalue weighted by Gasteiger charge is 2.62. The molecule has 2 nitrogen and oxygen atoms in total. The van der Waals surface area contributed by atoms with Gasteiger partial charge < -0.3 is 0 Å². The molecular weight excluding hydrogens is 685 g/mol. The Balaban J connectivity index is 1.08. The Morgan fingerprint density at radius 1 is 0.473 bits per heavy atom. The SMILES string of the molecule is c1ccc2c(c1)-c1ccc3sc4c(-c5nc(-c6cccc7ccccc67)cc(-c6cccc7ccccc67)n5)cccc4c3c1C21C2CC3CC(C2)CC1C3. The molecule has 0 unspecified atom stereocenters. The zero-order valence-electron chi connectivity index (χ0n) is 30.5. The van der Waals surface area contributed by atoms with Crippen LogP contribution < -0.4 is 0 Å². The summed E-state index contributed by atoms with van der Waals surface area (Å²) >= 11 is 1.94. The highest BCUT2D eigenvalue weighted by Crippen LogP contribution is 2.70. The van der Waals surface area contributed by atoms with E-state index >= 15 is 0 Å². The number of nitrogens with zero attached hydrogens (tertiary/aromatic N) is 2. The molecule has 55 heavy (non-hydrogen) atoms. The van der Waals surface area contributed by atoms with Crippen LogP contribution in [0, 0.1) is 23.7 Å². The molecule has 0 aliphatic heterocycles. The maximum absolute atomic E-state index is 5.49. The van der Waals surface area contributed by atoms with Gasteiger partial charge in [0.15, 0.2) is 5.82 Å². The van der Waals surface area contributed by atoms with E-state index in [0.29, 0.717) is 0 Å². The largest absolute Gasteiger partial charge is 0.228 e. The zero-order valence-corrected chi connectivity index (χ0v) is 31.3. The number of hydrogen-bond donors (Lipinski definition) is 0. The minimum atomic E-state index is 0.106. The van der Waals surface area contributed by atoms with E-state index < -0.39 is 0 Å². The van der Waals surface area contributed by atoms with Crippen LogP contribution in [0.5, 0.6) is 0 Å². The lowest BCUT2D eigenvalue weighted by Gasteiger charge is -2.61. The van der Waals surface area contributed by atoms with Gasteiger partial charge in [0.05, 0.1) is 11.4 Å². The third-order valence-electron chi connectivity index (χ3n) is 14.3. The molecule has 4 fully saturated rings. The predicted molar refractivity (Wildman–Crippen MR) is 230 cm³/mol. The van der Waals surface area contributed by atoms with Crippen molar-refractivity contribution >= 4 is 53.1 Å². The maximum atomic E-state index is 5.49. The quantitative estimate of drug-likeness (QED) is 0.181. The Hall–Kier alpha value is -5.64. The molecule has 2 aromatic heterocycles. The van der Waals surface area contributed by atoms with Crippen LogP contribution >= 0.6 is 11.3 Å². The van der Waals surface area contributed by atoms with Gasteiger partial charge in [0, 0.05) is 42.3 Å². The maximum Gasteiger partial charge on any atom is 0.161 e. The number of aromatic nitrogens is 2. The molecule has 0 radical (unpaired) electrons. The molecule has 14 rings (SSSR count). The fourth-order valence-electron chi connectivity index (χ4n) is 12.5. The normalized spacial score (nSPS) is 23.3. The summed E-state index contributed by atoms with van der Waals surface area (Å²) < 4.78 is 2.68. The van der Waals surface area contributed by atoms with Crippen molar-refractivity contribution in [3.8, 4) is 45.0 Å². The summed E-state index contributed by atoms with van der Waals surface area (Å²) in [6.07, 6.45) is 7.00.